The van der Waals surface area contributed by atoms with Gasteiger partial charge in [0, 0.05) is 12.6 Å². The molecule has 7 heteroatoms. The molecule has 1 aromatic carbocycles. The Labute approximate surface area is 138 Å². The summed E-state index contributed by atoms with van der Waals surface area (Å²) in [6, 6.07) is 6.77. The van der Waals surface area contributed by atoms with Crippen molar-refractivity contribution in [2.75, 3.05) is 6.61 Å². The molecule has 0 amide bonds. The lowest BCUT2D eigenvalue weighted by Gasteiger charge is -2.14. The number of benzene rings is 1. The molecular formula is C15H17ClN2O3S. The zero-order valence-electron chi connectivity index (χ0n) is 12.1. The number of nitrogens with zero attached hydrogens (tertiary/aromatic N) is 1. The van der Waals surface area contributed by atoms with E-state index in [0.717, 1.165) is 10.4 Å². The van der Waals surface area contributed by atoms with E-state index in [0.29, 0.717) is 29.9 Å². The molecule has 0 radical (unpaired) electrons. The van der Waals surface area contributed by atoms with Gasteiger partial charge in [-0.1, -0.05) is 29.8 Å². The number of carbonyl (C=O) groups excluding carboxylic acids is 1. The highest BCUT2D eigenvalue weighted by Crippen LogP contribution is 2.23. The Balaban J connectivity index is 2.01. The second-order valence-corrected chi connectivity index (χ2v) is 6.24. The Morgan fingerprint density at radius 2 is 2.23 bits per heavy atom. The number of esters is 1. The summed E-state index contributed by atoms with van der Waals surface area (Å²) in [5.74, 6) is 0.276. The number of rotatable bonds is 7. The summed E-state index contributed by atoms with van der Waals surface area (Å²) in [4.78, 5) is 16.5. The van der Waals surface area contributed by atoms with Crippen molar-refractivity contribution in [3.05, 3.63) is 45.4 Å². The Kier molecular flexibility index (Phi) is 6.18. The molecule has 0 saturated carbocycles. The fourth-order valence-corrected chi connectivity index (χ4v) is 2.77. The molecule has 1 atom stereocenters. The van der Waals surface area contributed by atoms with Crippen LogP contribution in [0.5, 0.6) is 5.75 Å². The predicted octanol–water partition coefficient (Wildman–Crippen LogP) is 2.81. The van der Waals surface area contributed by atoms with Crippen molar-refractivity contribution < 1.29 is 14.3 Å². The number of thiazole rings is 1. The summed E-state index contributed by atoms with van der Waals surface area (Å²) in [7, 11) is 0. The van der Waals surface area contributed by atoms with E-state index in [2.05, 4.69) is 4.98 Å². The first kappa shape index (κ1) is 16.7. The van der Waals surface area contributed by atoms with Crippen molar-refractivity contribution in [1.82, 2.24) is 4.98 Å². The van der Waals surface area contributed by atoms with Gasteiger partial charge in [-0.05, 0) is 18.6 Å². The van der Waals surface area contributed by atoms with Crippen molar-refractivity contribution in [2.24, 2.45) is 5.73 Å². The summed E-state index contributed by atoms with van der Waals surface area (Å²) in [5.41, 5.74) is 6.72. The number of nitrogens with two attached hydrogens (primary N) is 1. The van der Waals surface area contributed by atoms with Crippen molar-refractivity contribution in [1.29, 1.82) is 0 Å². The smallest absolute Gasteiger partial charge is 0.323 e. The molecule has 2 N–H and O–H groups in total. The lowest BCUT2D eigenvalue weighted by atomic mass is 10.1. The van der Waals surface area contributed by atoms with Gasteiger partial charge in [-0.25, -0.2) is 4.98 Å². The fourth-order valence-electron chi connectivity index (χ4n) is 1.88. The van der Waals surface area contributed by atoms with E-state index >= 15 is 0 Å². The maximum Gasteiger partial charge on any atom is 0.323 e. The van der Waals surface area contributed by atoms with Crippen LogP contribution in [0.1, 0.15) is 17.4 Å². The molecule has 0 bridgehead atoms. The van der Waals surface area contributed by atoms with Gasteiger partial charge in [0.2, 0.25) is 0 Å². The zero-order valence-corrected chi connectivity index (χ0v) is 13.7. The molecule has 1 heterocycles. The molecule has 118 valence electrons. The second kappa shape index (κ2) is 8.12. The van der Waals surface area contributed by atoms with Crippen LogP contribution in [-0.4, -0.2) is 23.6 Å². The lowest BCUT2D eigenvalue weighted by molar-refractivity contribution is -0.144. The minimum absolute atomic E-state index is 0.316. The van der Waals surface area contributed by atoms with Crippen molar-refractivity contribution in [3.63, 3.8) is 0 Å². The standard InChI is InChI=1S/C15H17ClN2O3S/c1-2-20-14(19)12(17)7-10-5-3-4-6-13(10)21-9-11-8-18-15(16)22-11/h3-6,8,12H,2,7,9,17H2,1H3. The summed E-state index contributed by atoms with van der Waals surface area (Å²) < 4.78 is 11.2. The average Bonchev–Trinajstić information content (AvgIpc) is 2.92. The topological polar surface area (TPSA) is 74.4 Å². The van der Waals surface area contributed by atoms with Gasteiger partial charge < -0.3 is 15.2 Å². The normalized spacial score (nSPS) is 12.0. The number of para-hydroxylation sites is 1. The van der Waals surface area contributed by atoms with Crippen LogP contribution in [-0.2, 0) is 22.6 Å². The van der Waals surface area contributed by atoms with E-state index < -0.39 is 12.0 Å². The number of halogens is 1. The summed E-state index contributed by atoms with van der Waals surface area (Å²) in [6.45, 7) is 2.44. The van der Waals surface area contributed by atoms with Crippen LogP contribution in [0.25, 0.3) is 0 Å². The second-order valence-electron chi connectivity index (χ2n) is 4.54. The van der Waals surface area contributed by atoms with Gasteiger partial charge in [0.25, 0.3) is 0 Å². The molecule has 1 unspecified atom stereocenters. The Morgan fingerprint density at radius 3 is 2.91 bits per heavy atom. The van der Waals surface area contributed by atoms with Crippen LogP contribution in [0.15, 0.2) is 30.5 Å². The van der Waals surface area contributed by atoms with Crippen LogP contribution < -0.4 is 10.5 Å². The van der Waals surface area contributed by atoms with E-state index in [-0.39, 0.29) is 0 Å². The molecule has 0 saturated heterocycles. The molecule has 0 aliphatic carbocycles. The van der Waals surface area contributed by atoms with Gasteiger partial charge >= 0.3 is 5.97 Å². The molecule has 0 aliphatic heterocycles. The first-order valence-corrected chi connectivity index (χ1v) is 8.02. The van der Waals surface area contributed by atoms with Gasteiger partial charge in [-0.15, -0.1) is 11.3 Å². The highest BCUT2D eigenvalue weighted by Gasteiger charge is 2.17. The van der Waals surface area contributed by atoms with Gasteiger partial charge in [0.15, 0.2) is 4.47 Å². The number of hydrogen-bond acceptors (Lipinski definition) is 6. The van der Waals surface area contributed by atoms with E-state index in [4.69, 9.17) is 26.8 Å². The van der Waals surface area contributed by atoms with Gasteiger partial charge in [-0.2, -0.15) is 0 Å². The maximum atomic E-state index is 11.6. The van der Waals surface area contributed by atoms with Crippen LogP contribution in [0.4, 0.5) is 0 Å². The molecule has 0 spiro atoms. The molecular weight excluding hydrogens is 324 g/mol. The first-order valence-electron chi connectivity index (χ1n) is 6.83. The Hall–Kier alpha value is -1.63. The van der Waals surface area contributed by atoms with Gasteiger partial charge in [-0.3, -0.25) is 4.79 Å². The Morgan fingerprint density at radius 1 is 1.45 bits per heavy atom. The molecule has 1 aromatic heterocycles. The quantitative estimate of drug-likeness (QED) is 0.784. The van der Waals surface area contributed by atoms with Gasteiger partial charge in [0.05, 0.1) is 11.5 Å². The van der Waals surface area contributed by atoms with Crippen LogP contribution in [0, 0.1) is 0 Å². The molecule has 0 fully saturated rings. The maximum absolute atomic E-state index is 11.6. The predicted molar refractivity (Wildman–Crippen MR) is 86.2 cm³/mol. The summed E-state index contributed by atoms with van der Waals surface area (Å²) in [6.07, 6.45) is 2.04. The number of carbonyl (C=O) groups is 1. The third-order valence-electron chi connectivity index (χ3n) is 2.90. The lowest BCUT2D eigenvalue weighted by Crippen LogP contribution is -2.34. The van der Waals surface area contributed by atoms with E-state index in [1.807, 2.05) is 24.3 Å². The summed E-state index contributed by atoms with van der Waals surface area (Å²) >= 11 is 7.16. The molecule has 22 heavy (non-hydrogen) atoms. The van der Waals surface area contributed by atoms with Crippen molar-refractivity contribution >= 4 is 28.9 Å². The number of aromatic nitrogens is 1. The van der Waals surface area contributed by atoms with Crippen LogP contribution >= 0.6 is 22.9 Å². The zero-order chi connectivity index (χ0) is 15.9. The SMILES string of the molecule is CCOC(=O)C(N)Cc1ccccc1OCc1cnc(Cl)s1. The summed E-state index contributed by atoms with van der Waals surface area (Å²) in [5, 5.41) is 0. The van der Waals surface area contributed by atoms with Crippen LogP contribution in [0.3, 0.4) is 0 Å². The fraction of sp³-hybridized carbons (Fsp3) is 0.333. The third-order valence-corrected chi connectivity index (χ3v) is 3.99. The highest BCUT2D eigenvalue weighted by molar-refractivity contribution is 7.15. The van der Waals surface area contributed by atoms with Crippen molar-refractivity contribution in [2.45, 2.75) is 26.0 Å². The first-order chi connectivity index (χ1) is 10.6. The van der Waals surface area contributed by atoms with Crippen molar-refractivity contribution in [3.8, 4) is 5.75 Å². The highest BCUT2D eigenvalue weighted by atomic mass is 35.5. The molecule has 2 aromatic rings. The Bertz CT molecular complexity index is 633. The van der Waals surface area contributed by atoms with E-state index in [9.17, 15) is 4.79 Å². The molecule has 0 aliphatic rings. The molecule has 2 rings (SSSR count). The van der Waals surface area contributed by atoms with E-state index in [1.54, 1.807) is 13.1 Å². The van der Waals surface area contributed by atoms with Gasteiger partial charge in [0.1, 0.15) is 18.4 Å². The number of ether oxygens (including phenoxy) is 2. The minimum atomic E-state index is -0.706. The third kappa shape index (κ3) is 4.69. The largest absolute Gasteiger partial charge is 0.488 e. The number of hydrogen-bond donors (Lipinski definition) is 1. The minimum Gasteiger partial charge on any atom is -0.488 e. The monoisotopic (exact) mass is 340 g/mol. The van der Waals surface area contributed by atoms with E-state index in [1.165, 1.54) is 11.3 Å². The molecule has 5 nitrogen and oxygen atoms in total. The average molecular weight is 341 g/mol. The van der Waals surface area contributed by atoms with Crippen LogP contribution in [0.2, 0.25) is 4.47 Å².